The lowest BCUT2D eigenvalue weighted by Crippen LogP contribution is -2.37. The minimum absolute atomic E-state index is 0.231. The van der Waals surface area contributed by atoms with E-state index in [9.17, 15) is 0 Å². The third-order valence-corrected chi connectivity index (χ3v) is 2.46. The average molecular weight is 230 g/mol. The number of nitrogens with zero attached hydrogens (tertiary/aromatic N) is 3. The molecule has 0 spiro atoms. The van der Waals surface area contributed by atoms with Crippen LogP contribution in [0.3, 0.4) is 0 Å². The molecule has 1 heterocycles. The minimum Gasteiger partial charge on any atom is -0.383 e. The molecule has 0 amide bonds. The second kappa shape index (κ2) is 5.88. The fraction of sp³-hybridized carbons (Fsp3) is 0.600. The molecule has 1 aromatic heterocycles. The summed E-state index contributed by atoms with van der Waals surface area (Å²) in [7, 11) is 1.68. The van der Waals surface area contributed by atoms with Crippen molar-refractivity contribution >= 4 is 17.4 Å². The van der Waals surface area contributed by atoms with Crippen molar-refractivity contribution in [1.82, 2.24) is 9.97 Å². The van der Waals surface area contributed by atoms with Crippen molar-refractivity contribution in [2.75, 3.05) is 25.2 Å². The van der Waals surface area contributed by atoms with Crippen LogP contribution in [-0.2, 0) is 4.74 Å². The molecule has 1 aromatic rings. The van der Waals surface area contributed by atoms with Gasteiger partial charge in [0, 0.05) is 26.0 Å². The van der Waals surface area contributed by atoms with Gasteiger partial charge < -0.3 is 9.64 Å². The molecule has 1 atom stereocenters. The molecule has 0 aliphatic carbocycles. The Morgan fingerprint density at radius 3 is 2.67 bits per heavy atom. The normalized spacial score (nSPS) is 12.5. The molecule has 0 aliphatic heterocycles. The Bertz CT molecular complexity index is 308. The molecule has 84 valence electrons. The Hall–Kier alpha value is -0.870. The quantitative estimate of drug-likeness (QED) is 0.774. The first-order valence-corrected chi connectivity index (χ1v) is 5.30. The summed E-state index contributed by atoms with van der Waals surface area (Å²) in [5, 5.41) is 0.433. The van der Waals surface area contributed by atoms with Crippen molar-refractivity contribution in [2.24, 2.45) is 0 Å². The molecule has 0 radical (unpaired) electrons. The van der Waals surface area contributed by atoms with E-state index in [4.69, 9.17) is 16.3 Å². The van der Waals surface area contributed by atoms with E-state index in [0.29, 0.717) is 17.6 Å². The highest BCUT2D eigenvalue weighted by Gasteiger charge is 2.16. The fourth-order valence-corrected chi connectivity index (χ4v) is 1.72. The molecule has 1 rings (SSSR count). The average Bonchev–Trinajstić information content (AvgIpc) is 2.22. The third kappa shape index (κ3) is 3.04. The monoisotopic (exact) mass is 229 g/mol. The van der Waals surface area contributed by atoms with Crippen LogP contribution in [0.25, 0.3) is 0 Å². The summed E-state index contributed by atoms with van der Waals surface area (Å²) in [6.07, 6.45) is 3.23. The van der Waals surface area contributed by atoms with Gasteiger partial charge in [0.25, 0.3) is 0 Å². The molecule has 4 nitrogen and oxygen atoms in total. The Kier molecular flexibility index (Phi) is 4.78. The molecular weight excluding hydrogens is 214 g/mol. The lowest BCUT2D eigenvalue weighted by molar-refractivity contribution is 0.181. The summed E-state index contributed by atoms with van der Waals surface area (Å²) in [5.41, 5.74) is 0. The van der Waals surface area contributed by atoms with Gasteiger partial charge in [0.05, 0.1) is 12.6 Å². The first-order valence-electron chi connectivity index (χ1n) is 4.92. The zero-order valence-electron chi connectivity index (χ0n) is 9.27. The van der Waals surface area contributed by atoms with Crippen LogP contribution in [0.1, 0.15) is 13.8 Å². The van der Waals surface area contributed by atoms with Crippen LogP contribution in [0.15, 0.2) is 12.4 Å². The molecule has 0 aromatic carbocycles. The molecule has 1 unspecified atom stereocenters. The van der Waals surface area contributed by atoms with Gasteiger partial charge in [-0.2, -0.15) is 0 Å². The first-order chi connectivity index (χ1) is 7.20. The molecule has 5 heteroatoms. The van der Waals surface area contributed by atoms with Crippen molar-refractivity contribution < 1.29 is 4.74 Å². The zero-order chi connectivity index (χ0) is 11.3. The molecule has 0 fully saturated rings. The number of ether oxygens (including phenoxy) is 1. The molecule has 0 saturated heterocycles. The minimum atomic E-state index is 0.231. The zero-order valence-corrected chi connectivity index (χ0v) is 10.0. The summed E-state index contributed by atoms with van der Waals surface area (Å²) >= 11 is 5.99. The largest absolute Gasteiger partial charge is 0.383 e. The lowest BCUT2D eigenvalue weighted by atomic mass is 10.3. The molecule has 0 saturated carbocycles. The Labute approximate surface area is 95.2 Å². The van der Waals surface area contributed by atoms with E-state index in [2.05, 4.69) is 28.7 Å². The van der Waals surface area contributed by atoms with Crippen LogP contribution < -0.4 is 4.90 Å². The van der Waals surface area contributed by atoms with Gasteiger partial charge >= 0.3 is 0 Å². The summed E-state index contributed by atoms with van der Waals surface area (Å²) < 4.78 is 5.11. The molecule has 0 N–H and O–H groups in total. The van der Waals surface area contributed by atoms with Crippen molar-refractivity contribution in [3.8, 4) is 0 Å². The highest BCUT2D eigenvalue weighted by Crippen LogP contribution is 2.21. The lowest BCUT2D eigenvalue weighted by Gasteiger charge is -2.28. The van der Waals surface area contributed by atoms with Gasteiger partial charge in [0.15, 0.2) is 11.0 Å². The van der Waals surface area contributed by atoms with Gasteiger partial charge in [-0.3, -0.25) is 0 Å². The molecule has 0 aliphatic rings. The number of halogens is 1. The van der Waals surface area contributed by atoms with Crippen LogP contribution in [-0.4, -0.2) is 36.3 Å². The van der Waals surface area contributed by atoms with Crippen LogP contribution in [0.4, 0.5) is 5.82 Å². The SMILES string of the molecule is CCN(c1nccnc1Cl)C(C)COC. The van der Waals surface area contributed by atoms with Gasteiger partial charge in [-0.05, 0) is 13.8 Å². The van der Waals surface area contributed by atoms with E-state index in [1.807, 2.05) is 0 Å². The maximum absolute atomic E-state index is 5.99. The smallest absolute Gasteiger partial charge is 0.171 e. The summed E-state index contributed by atoms with van der Waals surface area (Å²) in [6, 6.07) is 0.231. The highest BCUT2D eigenvalue weighted by atomic mass is 35.5. The number of likely N-dealkylation sites (N-methyl/N-ethyl adjacent to an activating group) is 1. The second-order valence-electron chi connectivity index (χ2n) is 3.26. The number of methoxy groups -OCH3 is 1. The molecule has 15 heavy (non-hydrogen) atoms. The fourth-order valence-electron chi connectivity index (χ4n) is 1.51. The summed E-state index contributed by atoms with van der Waals surface area (Å²) in [6.45, 7) is 5.58. The predicted molar refractivity (Wildman–Crippen MR) is 61.4 cm³/mol. The highest BCUT2D eigenvalue weighted by molar-refractivity contribution is 6.31. The Morgan fingerprint density at radius 2 is 2.13 bits per heavy atom. The number of rotatable bonds is 5. The Balaban J connectivity index is 2.87. The van der Waals surface area contributed by atoms with E-state index < -0.39 is 0 Å². The predicted octanol–water partition coefficient (Wildman–Crippen LogP) is 1.99. The van der Waals surface area contributed by atoms with Crippen molar-refractivity contribution in [1.29, 1.82) is 0 Å². The second-order valence-corrected chi connectivity index (χ2v) is 3.62. The number of hydrogen-bond donors (Lipinski definition) is 0. The number of aromatic nitrogens is 2. The van der Waals surface area contributed by atoms with Gasteiger partial charge in [-0.15, -0.1) is 0 Å². The van der Waals surface area contributed by atoms with E-state index in [1.54, 1.807) is 19.5 Å². The third-order valence-electron chi connectivity index (χ3n) is 2.19. The first kappa shape index (κ1) is 12.2. The molecular formula is C10H16ClN3O. The molecule has 0 bridgehead atoms. The van der Waals surface area contributed by atoms with Crippen molar-refractivity contribution in [2.45, 2.75) is 19.9 Å². The van der Waals surface area contributed by atoms with E-state index in [-0.39, 0.29) is 6.04 Å². The van der Waals surface area contributed by atoms with Crippen LogP contribution in [0, 0.1) is 0 Å². The summed E-state index contributed by atoms with van der Waals surface area (Å²) in [5.74, 6) is 0.714. The van der Waals surface area contributed by atoms with Gasteiger partial charge in [-0.25, -0.2) is 9.97 Å². The standard InChI is InChI=1S/C10H16ClN3O/c1-4-14(8(2)7-15-3)10-9(11)12-5-6-13-10/h5-6,8H,4,7H2,1-3H3. The van der Waals surface area contributed by atoms with Crippen LogP contribution in [0.5, 0.6) is 0 Å². The number of hydrogen-bond acceptors (Lipinski definition) is 4. The maximum atomic E-state index is 5.99. The Morgan fingerprint density at radius 1 is 1.47 bits per heavy atom. The van der Waals surface area contributed by atoms with Crippen molar-refractivity contribution in [3.63, 3.8) is 0 Å². The maximum Gasteiger partial charge on any atom is 0.171 e. The summed E-state index contributed by atoms with van der Waals surface area (Å²) in [4.78, 5) is 10.3. The van der Waals surface area contributed by atoms with Gasteiger partial charge in [0.2, 0.25) is 0 Å². The van der Waals surface area contributed by atoms with E-state index >= 15 is 0 Å². The van der Waals surface area contributed by atoms with E-state index in [1.165, 1.54) is 0 Å². The van der Waals surface area contributed by atoms with Crippen molar-refractivity contribution in [3.05, 3.63) is 17.5 Å². The van der Waals surface area contributed by atoms with Gasteiger partial charge in [-0.1, -0.05) is 11.6 Å². The van der Waals surface area contributed by atoms with Gasteiger partial charge in [0.1, 0.15) is 0 Å². The van der Waals surface area contributed by atoms with Crippen LogP contribution in [0.2, 0.25) is 5.15 Å². The topological polar surface area (TPSA) is 38.2 Å². The van der Waals surface area contributed by atoms with E-state index in [0.717, 1.165) is 6.54 Å². The number of anilines is 1. The van der Waals surface area contributed by atoms with Crippen LogP contribution >= 0.6 is 11.6 Å².